The zero-order valence-electron chi connectivity index (χ0n) is 25.3. The molecule has 1 heterocycles. The first kappa shape index (κ1) is 32.0. The largest absolute Gasteiger partial charge is 0.508 e. The molecule has 0 aromatic heterocycles. The molecular weight excluding hydrogens is 540 g/mol. The van der Waals surface area contributed by atoms with Gasteiger partial charge in [-0.05, 0) is 75.0 Å². The minimum Gasteiger partial charge on any atom is -0.508 e. The Kier molecular flexibility index (Phi) is 12.9. The topological polar surface area (TPSA) is 94.1 Å². The zero-order valence-corrected chi connectivity index (χ0v) is 25.3. The second-order valence-electron chi connectivity index (χ2n) is 11.4. The average molecular weight is 587 g/mol. The second-order valence-corrected chi connectivity index (χ2v) is 11.4. The first-order valence-electron chi connectivity index (χ1n) is 15.5. The molecule has 1 aliphatic heterocycles. The highest BCUT2D eigenvalue weighted by atomic mass is 16.6. The van der Waals surface area contributed by atoms with Gasteiger partial charge in [0.2, 0.25) is 5.91 Å². The number of unbranched alkanes of at least 4 members (excludes halogenated alkanes) is 2. The highest BCUT2D eigenvalue weighted by molar-refractivity contribution is 5.91. The molecule has 0 unspecified atom stereocenters. The summed E-state index contributed by atoms with van der Waals surface area (Å²) < 4.78 is 5.73. The second kappa shape index (κ2) is 17.3. The summed E-state index contributed by atoms with van der Waals surface area (Å²) in [6.45, 7) is 5.09. The highest BCUT2D eigenvalue weighted by Gasteiger charge is 2.23. The Balaban J connectivity index is 1.02. The van der Waals surface area contributed by atoms with Crippen molar-refractivity contribution in [2.75, 3.05) is 51.6 Å². The Morgan fingerprint density at radius 2 is 1.63 bits per heavy atom. The fourth-order valence-corrected chi connectivity index (χ4v) is 5.36. The maximum absolute atomic E-state index is 12.6. The lowest BCUT2D eigenvalue weighted by molar-refractivity contribution is -0.121. The van der Waals surface area contributed by atoms with E-state index < -0.39 is 6.09 Å². The summed E-state index contributed by atoms with van der Waals surface area (Å²) in [4.78, 5) is 29.6. The average Bonchev–Trinajstić information content (AvgIpc) is 3.02. The van der Waals surface area contributed by atoms with Crippen molar-refractivity contribution in [3.63, 3.8) is 0 Å². The Labute approximate surface area is 256 Å². The minimum atomic E-state index is -0.429. The van der Waals surface area contributed by atoms with E-state index in [1.165, 1.54) is 5.56 Å². The van der Waals surface area contributed by atoms with Crippen LogP contribution in [0.4, 0.5) is 10.5 Å². The normalized spacial score (nSPS) is 14.0. The van der Waals surface area contributed by atoms with Gasteiger partial charge in [-0.15, -0.1) is 0 Å². The van der Waals surface area contributed by atoms with Gasteiger partial charge in [0.05, 0.1) is 5.69 Å². The van der Waals surface area contributed by atoms with Crippen LogP contribution in [0, 0.1) is 0 Å². The van der Waals surface area contributed by atoms with Crippen molar-refractivity contribution in [2.45, 2.75) is 51.0 Å². The van der Waals surface area contributed by atoms with Gasteiger partial charge in [-0.2, -0.15) is 0 Å². The molecule has 1 saturated heterocycles. The zero-order chi connectivity index (χ0) is 30.3. The summed E-state index contributed by atoms with van der Waals surface area (Å²) in [5.74, 6) is 0.403. The number of rotatable bonds is 15. The van der Waals surface area contributed by atoms with Crippen LogP contribution in [0.5, 0.6) is 5.75 Å². The summed E-state index contributed by atoms with van der Waals surface area (Å²) in [6.07, 6.45) is 5.61. The van der Waals surface area contributed by atoms with Crippen LogP contribution in [0.2, 0.25) is 0 Å². The molecule has 2 amide bonds. The Bertz CT molecular complexity index is 1260. The monoisotopic (exact) mass is 586 g/mol. The number of nitrogens with zero attached hydrogens (tertiary/aromatic N) is 2. The summed E-state index contributed by atoms with van der Waals surface area (Å²) in [5.41, 5.74) is 3.96. The van der Waals surface area contributed by atoms with Crippen molar-refractivity contribution in [3.8, 4) is 16.9 Å². The number of ether oxygens (including phenoxy) is 1. The van der Waals surface area contributed by atoms with Crippen LogP contribution >= 0.6 is 0 Å². The molecule has 0 spiro atoms. The van der Waals surface area contributed by atoms with Crippen LogP contribution < -0.4 is 10.6 Å². The van der Waals surface area contributed by atoms with Crippen molar-refractivity contribution in [1.82, 2.24) is 15.1 Å². The van der Waals surface area contributed by atoms with Crippen molar-refractivity contribution in [1.29, 1.82) is 0 Å². The number of likely N-dealkylation sites (N-methyl/N-ethyl adjacent to an activating group) is 1. The van der Waals surface area contributed by atoms with E-state index in [-0.39, 0.29) is 12.0 Å². The number of benzene rings is 3. The third kappa shape index (κ3) is 11.4. The molecule has 4 rings (SSSR count). The maximum atomic E-state index is 12.6. The van der Waals surface area contributed by atoms with Crippen molar-refractivity contribution < 1.29 is 19.4 Å². The smallest absolute Gasteiger partial charge is 0.411 e. The number of hydrogen-bond donors (Lipinski definition) is 3. The van der Waals surface area contributed by atoms with E-state index in [2.05, 4.69) is 27.5 Å². The molecule has 3 N–H and O–H groups in total. The number of amides is 2. The third-order valence-corrected chi connectivity index (χ3v) is 7.97. The van der Waals surface area contributed by atoms with Crippen LogP contribution in [0.15, 0.2) is 78.9 Å². The van der Waals surface area contributed by atoms with Gasteiger partial charge in [0.1, 0.15) is 11.9 Å². The van der Waals surface area contributed by atoms with Crippen molar-refractivity contribution >= 4 is 17.7 Å². The molecule has 0 radical (unpaired) electrons. The number of anilines is 1. The predicted molar refractivity (Wildman–Crippen MR) is 172 cm³/mol. The molecular formula is C35H46N4O4. The summed E-state index contributed by atoms with van der Waals surface area (Å²) >= 11 is 0. The quantitative estimate of drug-likeness (QED) is 0.191. The predicted octanol–water partition coefficient (Wildman–Crippen LogP) is 5.92. The molecule has 43 heavy (non-hydrogen) atoms. The fourth-order valence-electron chi connectivity index (χ4n) is 5.36. The molecule has 3 aromatic carbocycles. The molecule has 1 aliphatic rings. The Morgan fingerprint density at radius 3 is 2.40 bits per heavy atom. The molecule has 0 bridgehead atoms. The molecule has 0 atom stereocenters. The fraction of sp³-hybridized carbons (Fsp3) is 0.429. The van der Waals surface area contributed by atoms with E-state index in [1.807, 2.05) is 66.7 Å². The molecule has 0 saturated carbocycles. The van der Waals surface area contributed by atoms with E-state index in [4.69, 9.17) is 4.74 Å². The van der Waals surface area contributed by atoms with Gasteiger partial charge < -0.3 is 25.0 Å². The number of hydrogen-bond acceptors (Lipinski definition) is 6. The van der Waals surface area contributed by atoms with E-state index in [1.54, 1.807) is 12.1 Å². The van der Waals surface area contributed by atoms with E-state index in [0.717, 1.165) is 88.1 Å². The highest BCUT2D eigenvalue weighted by Crippen LogP contribution is 2.28. The van der Waals surface area contributed by atoms with Crippen LogP contribution in [-0.4, -0.2) is 79.3 Å². The minimum absolute atomic E-state index is 0.0980. The molecule has 230 valence electrons. The van der Waals surface area contributed by atoms with Crippen LogP contribution in [0.3, 0.4) is 0 Å². The number of likely N-dealkylation sites (tertiary alicyclic amines) is 1. The lowest BCUT2D eigenvalue weighted by Crippen LogP contribution is -2.40. The number of phenolic OH excluding ortho intramolecular Hbond substituents is 1. The molecule has 3 aromatic rings. The van der Waals surface area contributed by atoms with Gasteiger partial charge in [0.15, 0.2) is 0 Å². The van der Waals surface area contributed by atoms with E-state index in [0.29, 0.717) is 18.7 Å². The maximum Gasteiger partial charge on any atom is 0.411 e. The van der Waals surface area contributed by atoms with Crippen LogP contribution in [0.1, 0.15) is 44.1 Å². The number of carbonyl (C=O) groups is 2. The van der Waals surface area contributed by atoms with Gasteiger partial charge in [0.25, 0.3) is 0 Å². The molecule has 0 aliphatic carbocycles. The van der Waals surface area contributed by atoms with Gasteiger partial charge in [0, 0.05) is 44.7 Å². The third-order valence-electron chi connectivity index (χ3n) is 7.97. The lowest BCUT2D eigenvalue weighted by atomic mass is 10.0. The SMILES string of the molecule is CN(CCCCCNC(=O)CCN1CCC(OC(=O)Nc2ccccc2-c2ccccc2)CC1)CCc1ccc(O)cc1. The number of carbonyl (C=O) groups excluding carboxylic acids is 2. The number of phenols is 1. The van der Waals surface area contributed by atoms with Gasteiger partial charge in [-0.1, -0.05) is 67.1 Å². The van der Waals surface area contributed by atoms with E-state index in [9.17, 15) is 14.7 Å². The number of para-hydroxylation sites is 1. The first-order chi connectivity index (χ1) is 21.0. The summed E-state index contributed by atoms with van der Waals surface area (Å²) in [7, 11) is 2.14. The molecule has 8 nitrogen and oxygen atoms in total. The van der Waals surface area contributed by atoms with Gasteiger partial charge in [-0.3, -0.25) is 10.1 Å². The van der Waals surface area contributed by atoms with Gasteiger partial charge >= 0.3 is 6.09 Å². The van der Waals surface area contributed by atoms with Gasteiger partial charge in [-0.25, -0.2) is 4.79 Å². The van der Waals surface area contributed by atoms with Crippen LogP contribution in [0.25, 0.3) is 11.1 Å². The standard InChI is InChI=1S/C35H46N4O4/c1-38(24-18-28-14-16-30(40)17-15-28)23-9-3-8-22-36-34(41)21-27-39-25-19-31(20-26-39)43-35(42)37-33-13-7-6-12-32(33)29-10-4-2-5-11-29/h2,4-7,10-17,31,40H,3,8-9,18-27H2,1H3,(H,36,41)(H,37,42). The van der Waals surface area contributed by atoms with Crippen LogP contribution in [-0.2, 0) is 16.0 Å². The molecule has 1 fully saturated rings. The summed E-state index contributed by atoms with van der Waals surface area (Å²) in [6, 6.07) is 25.1. The number of nitrogens with one attached hydrogen (secondary N) is 2. The van der Waals surface area contributed by atoms with Crippen molar-refractivity contribution in [3.05, 3.63) is 84.4 Å². The van der Waals surface area contributed by atoms with Crippen molar-refractivity contribution in [2.24, 2.45) is 0 Å². The number of aromatic hydroxyl groups is 1. The Hall–Kier alpha value is -3.88. The number of piperidine rings is 1. The Morgan fingerprint density at radius 1 is 0.907 bits per heavy atom. The van der Waals surface area contributed by atoms with E-state index >= 15 is 0 Å². The first-order valence-corrected chi connectivity index (χ1v) is 15.5. The lowest BCUT2D eigenvalue weighted by Gasteiger charge is -2.31. The molecule has 8 heteroatoms. The summed E-state index contributed by atoms with van der Waals surface area (Å²) in [5, 5.41) is 15.4.